The largest absolute Gasteiger partial charge is 0.457 e. The first-order valence-corrected chi connectivity index (χ1v) is 9.36. The van der Waals surface area contributed by atoms with Gasteiger partial charge in [0.1, 0.15) is 11.5 Å². The summed E-state index contributed by atoms with van der Waals surface area (Å²) in [5.74, 6) is 0.954. The van der Waals surface area contributed by atoms with Crippen molar-refractivity contribution >= 4 is 17.5 Å². The Labute approximate surface area is 159 Å². The third kappa shape index (κ3) is 2.95. The maximum Gasteiger partial charge on any atom is 0.238 e. The Morgan fingerprint density at radius 1 is 0.963 bits per heavy atom. The highest BCUT2D eigenvalue weighted by Crippen LogP contribution is 2.41. The molecule has 0 unspecified atom stereocenters. The van der Waals surface area contributed by atoms with Crippen LogP contribution in [0.2, 0.25) is 0 Å². The average Bonchev–Trinajstić information content (AvgIpc) is 2.91. The predicted molar refractivity (Wildman–Crippen MR) is 105 cm³/mol. The molecule has 4 nitrogen and oxygen atoms in total. The van der Waals surface area contributed by atoms with E-state index in [9.17, 15) is 9.59 Å². The van der Waals surface area contributed by atoms with Crippen LogP contribution >= 0.6 is 0 Å². The molecule has 2 aromatic carbocycles. The summed E-state index contributed by atoms with van der Waals surface area (Å²) in [5, 5.41) is 0. The van der Waals surface area contributed by atoms with E-state index in [0.29, 0.717) is 17.9 Å². The predicted octanol–water partition coefficient (Wildman–Crippen LogP) is 4.80. The number of nitrogens with zero attached hydrogens (tertiary/aromatic N) is 1. The van der Waals surface area contributed by atoms with Crippen molar-refractivity contribution in [1.82, 2.24) is 0 Å². The maximum absolute atomic E-state index is 12.9. The molecule has 138 valence electrons. The number of ether oxygens (including phenoxy) is 1. The van der Waals surface area contributed by atoms with Crippen LogP contribution < -0.4 is 9.64 Å². The number of imide groups is 1. The van der Waals surface area contributed by atoms with E-state index < -0.39 is 0 Å². The number of rotatable bonds is 3. The molecule has 0 saturated carbocycles. The molecule has 0 bridgehead atoms. The van der Waals surface area contributed by atoms with Gasteiger partial charge in [0.15, 0.2) is 0 Å². The molecule has 2 amide bonds. The van der Waals surface area contributed by atoms with Gasteiger partial charge in [0.05, 0.1) is 17.5 Å². The fourth-order valence-corrected chi connectivity index (χ4v) is 4.14. The summed E-state index contributed by atoms with van der Waals surface area (Å²) >= 11 is 0. The summed E-state index contributed by atoms with van der Waals surface area (Å²) in [6.07, 6.45) is 4.70. The zero-order valence-corrected chi connectivity index (χ0v) is 15.8. The Hall–Kier alpha value is -2.88. The number of para-hydroxylation sites is 1. The summed E-state index contributed by atoms with van der Waals surface area (Å²) in [6, 6.07) is 13.2. The van der Waals surface area contributed by atoms with Gasteiger partial charge in [-0.3, -0.25) is 14.5 Å². The van der Waals surface area contributed by atoms with Crippen molar-refractivity contribution in [3.63, 3.8) is 0 Å². The summed E-state index contributed by atoms with van der Waals surface area (Å²) in [5.41, 5.74) is 2.74. The molecule has 4 heteroatoms. The molecule has 0 radical (unpaired) electrons. The first-order chi connectivity index (χ1) is 13.0. The molecule has 3 atom stereocenters. The Bertz CT molecular complexity index is 909. The summed E-state index contributed by atoms with van der Waals surface area (Å²) in [7, 11) is 0. The van der Waals surface area contributed by atoms with Crippen molar-refractivity contribution < 1.29 is 14.3 Å². The number of anilines is 1. The number of carbonyl (C=O) groups excluding carboxylic acids is 2. The second-order valence-corrected chi connectivity index (χ2v) is 7.48. The lowest BCUT2D eigenvalue weighted by Gasteiger charge is -2.22. The molecule has 27 heavy (non-hydrogen) atoms. The van der Waals surface area contributed by atoms with Gasteiger partial charge >= 0.3 is 0 Å². The average molecular weight is 361 g/mol. The normalized spacial score (nSPS) is 24.3. The van der Waals surface area contributed by atoms with Crippen molar-refractivity contribution in [3.05, 3.63) is 65.7 Å². The maximum atomic E-state index is 12.9. The minimum absolute atomic E-state index is 0.0923. The van der Waals surface area contributed by atoms with Crippen LogP contribution in [0.3, 0.4) is 0 Å². The molecule has 1 aliphatic heterocycles. The zero-order valence-electron chi connectivity index (χ0n) is 15.8. The minimum atomic E-state index is -0.243. The zero-order chi connectivity index (χ0) is 19.1. The SMILES string of the molecule is Cc1cccc(C)c1Oc1ccc(N2C(=O)[C@H]3[C@H](C)C=CC[C@@H]3C2=O)cc1. The van der Waals surface area contributed by atoms with Gasteiger partial charge in [-0.2, -0.15) is 0 Å². The molecule has 1 aliphatic carbocycles. The molecule has 4 rings (SSSR count). The van der Waals surface area contributed by atoms with Gasteiger partial charge in [-0.15, -0.1) is 0 Å². The van der Waals surface area contributed by atoms with E-state index in [4.69, 9.17) is 4.74 Å². The standard InChI is InChI=1S/C23H23NO3/c1-14-6-5-9-19-20(14)23(26)24(22(19)25)17-10-12-18(13-11-17)27-21-15(2)7-4-8-16(21)3/h4-8,10-14,19-20H,9H2,1-3H3/t14-,19+,20+/m1/s1. The molecule has 2 aromatic rings. The van der Waals surface area contributed by atoms with Gasteiger partial charge in [0.2, 0.25) is 11.8 Å². The number of hydrogen-bond donors (Lipinski definition) is 0. The van der Waals surface area contributed by atoms with Crippen LogP contribution in [-0.2, 0) is 9.59 Å². The number of hydrogen-bond acceptors (Lipinski definition) is 3. The third-order valence-electron chi connectivity index (χ3n) is 5.60. The third-order valence-corrected chi connectivity index (χ3v) is 5.60. The van der Waals surface area contributed by atoms with Crippen LogP contribution in [0.1, 0.15) is 24.5 Å². The van der Waals surface area contributed by atoms with Crippen LogP contribution in [0.5, 0.6) is 11.5 Å². The second kappa shape index (κ2) is 6.69. The Morgan fingerprint density at radius 3 is 2.26 bits per heavy atom. The summed E-state index contributed by atoms with van der Waals surface area (Å²) in [6.45, 7) is 6.02. The highest BCUT2D eigenvalue weighted by molar-refractivity contribution is 6.22. The van der Waals surface area contributed by atoms with Gasteiger partial charge in [0, 0.05) is 0 Å². The lowest BCUT2D eigenvalue weighted by atomic mass is 9.78. The highest BCUT2D eigenvalue weighted by atomic mass is 16.5. The van der Waals surface area contributed by atoms with E-state index in [2.05, 4.69) is 0 Å². The van der Waals surface area contributed by atoms with E-state index in [1.165, 1.54) is 4.90 Å². The second-order valence-electron chi connectivity index (χ2n) is 7.48. The molecule has 1 fully saturated rings. The molecular weight excluding hydrogens is 338 g/mol. The van der Waals surface area contributed by atoms with Crippen LogP contribution in [-0.4, -0.2) is 11.8 Å². The number of aryl methyl sites for hydroxylation is 2. The Kier molecular flexibility index (Phi) is 4.34. The van der Waals surface area contributed by atoms with Crippen LogP contribution in [0.4, 0.5) is 5.69 Å². The number of amides is 2. The van der Waals surface area contributed by atoms with Crippen LogP contribution in [0, 0.1) is 31.6 Å². The smallest absolute Gasteiger partial charge is 0.238 e. The minimum Gasteiger partial charge on any atom is -0.457 e. The van der Waals surface area contributed by atoms with Crippen LogP contribution in [0.15, 0.2) is 54.6 Å². The van der Waals surface area contributed by atoms with Crippen molar-refractivity contribution in [2.24, 2.45) is 17.8 Å². The Balaban J connectivity index is 1.58. The fraction of sp³-hybridized carbons (Fsp3) is 0.304. The molecule has 1 heterocycles. The summed E-state index contributed by atoms with van der Waals surface area (Å²) < 4.78 is 6.02. The van der Waals surface area contributed by atoms with Crippen molar-refractivity contribution in [1.29, 1.82) is 0 Å². The van der Waals surface area contributed by atoms with Gasteiger partial charge in [0.25, 0.3) is 0 Å². The number of allylic oxidation sites excluding steroid dienone is 2. The Morgan fingerprint density at radius 2 is 1.63 bits per heavy atom. The van der Waals surface area contributed by atoms with Crippen molar-refractivity contribution in [2.75, 3.05) is 4.90 Å². The molecule has 0 N–H and O–H groups in total. The first kappa shape index (κ1) is 17.5. The van der Waals surface area contributed by atoms with Crippen molar-refractivity contribution in [2.45, 2.75) is 27.2 Å². The van der Waals surface area contributed by atoms with E-state index in [1.54, 1.807) is 12.1 Å². The topological polar surface area (TPSA) is 46.6 Å². The highest BCUT2D eigenvalue weighted by Gasteiger charge is 2.50. The van der Waals surface area contributed by atoms with E-state index in [-0.39, 0.29) is 29.6 Å². The van der Waals surface area contributed by atoms with Gasteiger partial charge in [-0.05, 0) is 61.6 Å². The lowest BCUT2D eigenvalue weighted by Crippen LogP contribution is -2.31. The molecule has 2 aliphatic rings. The van der Waals surface area contributed by atoms with Gasteiger partial charge < -0.3 is 4.74 Å². The van der Waals surface area contributed by atoms with E-state index in [0.717, 1.165) is 16.9 Å². The molecule has 0 spiro atoms. The number of carbonyl (C=O) groups is 2. The summed E-state index contributed by atoms with van der Waals surface area (Å²) in [4.78, 5) is 27.0. The molecule has 1 saturated heterocycles. The monoisotopic (exact) mass is 361 g/mol. The van der Waals surface area contributed by atoms with Crippen molar-refractivity contribution in [3.8, 4) is 11.5 Å². The molecule has 0 aromatic heterocycles. The van der Waals surface area contributed by atoms with Gasteiger partial charge in [-0.25, -0.2) is 0 Å². The van der Waals surface area contributed by atoms with Gasteiger partial charge in [-0.1, -0.05) is 37.3 Å². The first-order valence-electron chi connectivity index (χ1n) is 9.36. The number of fused-ring (bicyclic) bond motifs is 1. The lowest BCUT2D eigenvalue weighted by molar-refractivity contribution is -0.122. The fourth-order valence-electron chi connectivity index (χ4n) is 4.14. The van der Waals surface area contributed by atoms with E-state index in [1.807, 2.05) is 63.3 Å². The van der Waals surface area contributed by atoms with E-state index >= 15 is 0 Å². The quantitative estimate of drug-likeness (QED) is 0.583. The number of benzene rings is 2. The van der Waals surface area contributed by atoms with Crippen LogP contribution in [0.25, 0.3) is 0 Å². The molecular formula is C23H23NO3.